The van der Waals surface area contributed by atoms with Gasteiger partial charge < -0.3 is 5.32 Å². The maximum absolute atomic E-state index is 12.5. The van der Waals surface area contributed by atoms with E-state index < -0.39 is 10.0 Å². The Morgan fingerprint density at radius 3 is 2.25 bits per heavy atom. The first-order valence-corrected chi connectivity index (χ1v) is 9.44. The fourth-order valence-electron chi connectivity index (χ4n) is 2.98. The highest BCUT2D eigenvalue weighted by atomic mass is 35.5. The Bertz CT molecular complexity index is 748. The quantitative estimate of drug-likeness (QED) is 0.873. The van der Waals surface area contributed by atoms with Crippen LogP contribution in [0.1, 0.15) is 19.8 Å². The van der Waals surface area contributed by atoms with Crippen LogP contribution in [0.5, 0.6) is 0 Å². The van der Waals surface area contributed by atoms with Gasteiger partial charge in [-0.25, -0.2) is 13.1 Å². The summed E-state index contributed by atoms with van der Waals surface area (Å²) in [5.41, 5.74) is 2.09. The molecule has 0 radical (unpaired) electrons. The van der Waals surface area contributed by atoms with Crippen LogP contribution in [0.15, 0.2) is 59.5 Å². The van der Waals surface area contributed by atoms with Crippen molar-refractivity contribution in [3.63, 3.8) is 0 Å². The minimum absolute atomic E-state index is 0. The monoisotopic (exact) mass is 366 g/mol. The van der Waals surface area contributed by atoms with Crippen molar-refractivity contribution < 1.29 is 8.42 Å². The van der Waals surface area contributed by atoms with Crippen LogP contribution in [0.2, 0.25) is 0 Å². The number of hydrogen-bond donors (Lipinski definition) is 2. The summed E-state index contributed by atoms with van der Waals surface area (Å²) < 4.78 is 27.9. The second kappa shape index (κ2) is 8.12. The molecule has 0 bridgehead atoms. The highest BCUT2D eigenvalue weighted by Gasteiger charge is 2.24. The molecule has 130 valence electrons. The van der Waals surface area contributed by atoms with Crippen LogP contribution in [0, 0.1) is 0 Å². The molecule has 24 heavy (non-hydrogen) atoms. The van der Waals surface area contributed by atoms with E-state index in [0.717, 1.165) is 30.5 Å². The molecule has 1 aliphatic rings. The summed E-state index contributed by atoms with van der Waals surface area (Å²) in [7, 11) is -3.46. The summed E-state index contributed by atoms with van der Waals surface area (Å²) in [6, 6.07) is 17.3. The van der Waals surface area contributed by atoms with Gasteiger partial charge in [0.2, 0.25) is 10.0 Å². The Hall–Kier alpha value is -1.40. The van der Waals surface area contributed by atoms with Crippen molar-refractivity contribution >= 4 is 22.4 Å². The maximum atomic E-state index is 12.5. The summed E-state index contributed by atoms with van der Waals surface area (Å²) >= 11 is 0. The predicted molar refractivity (Wildman–Crippen MR) is 99.9 cm³/mol. The van der Waals surface area contributed by atoms with Gasteiger partial charge in [0, 0.05) is 12.1 Å². The van der Waals surface area contributed by atoms with Crippen molar-refractivity contribution in [2.75, 3.05) is 6.54 Å². The molecule has 0 spiro atoms. The van der Waals surface area contributed by atoms with E-state index in [-0.39, 0.29) is 18.4 Å². The van der Waals surface area contributed by atoms with Crippen molar-refractivity contribution in [1.29, 1.82) is 0 Å². The fraction of sp³-hybridized carbons (Fsp3) is 0.333. The van der Waals surface area contributed by atoms with Crippen LogP contribution in [-0.4, -0.2) is 27.0 Å². The third-order valence-electron chi connectivity index (χ3n) is 4.22. The average molecular weight is 367 g/mol. The first kappa shape index (κ1) is 18.9. The van der Waals surface area contributed by atoms with Gasteiger partial charge in [-0.1, -0.05) is 42.5 Å². The summed E-state index contributed by atoms with van der Waals surface area (Å²) in [6.07, 6.45) is 1.65. The molecule has 1 aliphatic heterocycles. The van der Waals surface area contributed by atoms with Crippen LogP contribution in [0.4, 0.5) is 0 Å². The van der Waals surface area contributed by atoms with Gasteiger partial charge in [0.1, 0.15) is 0 Å². The average Bonchev–Trinajstić information content (AvgIpc) is 2.55. The SMILES string of the molecule is CC1CC(NS(=O)(=O)c2ccc(-c3ccccc3)cc2)CCN1.Cl. The van der Waals surface area contributed by atoms with Gasteiger partial charge in [0.15, 0.2) is 0 Å². The molecule has 2 N–H and O–H groups in total. The van der Waals surface area contributed by atoms with Crippen LogP contribution in [-0.2, 0) is 10.0 Å². The summed E-state index contributed by atoms with van der Waals surface area (Å²) in [5.74, 6) is 0. The third kappa shape index (κ3) is 4.57. The highest BCUT2D eigenvalue weighted by molar-refractivity contribution is 7.89. The molecule has 1 heterocycles. The van der Waals surface area contributed by atoms with E-state index in [1.54, 1.807) is 12.1 Å². The fourth-order valence-corrected chi connectivity index (χ4v) is 4.27. The second-order valence-electron chi connectivity index (χ2n) is 6.09. The molecule has 4 nitrogen and oxygen atoms in total. The molecule has 0 aliphatic carbocycles. The highest BCUT2D eigenvalue weighted by Crippen LogP contribution is 2.21. The standard InChI is InChI=1S/C18H22N2O2S.ClH/c1-14-13-17(11-12-19-14)20-23(21,22)18-9-7-16(8-10-18)15-5-3-2-4-6-15;/h2-10,14,17,19-20H,11-13H2,1H3;1H. The largest absolute Gasteiger partial charge is 0.314 e. The smallest absolute Gasteiger partial charge is 0.240 e. The number of nitrogens with one attached hydrogen (secondary N) is 2. The van der Waals surface area contributed by atoms with Crippen molar-refractivity contribution in [3.05, 3.63) is 54.6 Å². The molecule has 2 aromatic carbocycles. The predicted octanol–water partition coefficient (Wildman–Crippen LogP) is 3.19. The topological polar surface area (TPSA) is 58.2 Å². The zero-order chi connectivity index (χ0) is 16.3. The van der Waals surface area contributed by atoms with E-state index in [1.807, 2.05) is 42.5 Å². The molecular weight excluding hydrogens is 344 g/mol. The molecule has 1 fully saturated rings. The first-order valence-electron chi connectivity index (χ1n) is 7.96. The maximum Gasteiger partial charge on any atom is 0.240 e. The lowest BCUT2D eigenvalue weighted by Crippen LogP contribution is -2.46. The van der Waals surface area contributed by atoms with E-state index in [1.165, 1.54) is 0 Å². The molecule has 1 saturated heterocycles. The molecule has 0 aromatic heterocycles. The van der Waals surface area contributed by atoms with Gasteiger partial charge in [0.05, 0.1) is 4.90 Å². The minimum Gasteiger partial charge on any atom is -0.314 e. The van der Waals surface area contributed by atoms with Crippen molar-refractivity contribution in [3.8, 4) is 11.1 Å². The molecule has 6 heteroatoms. The summed E-state index contributed by atoms with van der Waals surface area (Å²) in [5, 5.41) is 3.33. The first-order chi connectivity index (χ1) is 11.0. The molecule has 2 unspecified atom stereocenters. The number of halogens is 1. The van der Waals surface area contributed by atoms with E-state index in [2.05, 4.69) is 17.0 Å². The Labute approximate surface area is 150 Å². The number of rotatable bonds is 4. The summed E-state index contributed by atoms with van der Waals surface area (Å²) in [6.45, 7) is 2.93. The van der Waals surface area contributed by atoms with Gasteiger partial charge in [-0.05, 0) is 49.6 Å². The van der Waals surface area contributed by atoms with Crippen LogP contribution in [0.3, 0.4) is 0 Å². The number of hydrogen-bond acceptors (Lipinski definition) is 3. The van der Waals surface area contributed by atoms with Crippen LogP contribution < -0.4 is 10.0 Å². The molecule has 0 saturated carbocycles. The van der Waals surface area contributed by atoms with Gasteiger partial charge in [-0.3, -0.25) is 0 Å². The summed E-state index contributed by atoms with van der Waals surface area (Å²) in [4.78, 5) is 0.323. The van der Waals surface area contributed by atoms with E-state index in [9.17, 15) is 8.42 Å². The van der Waals surface area contributed by atoms with Crippen molar-refractivity contribution in [1.82, 2.24) is 10.0 Å². The molecule has 2 atom stereocenters. The number of benzene rings is 2. The Balaban J connectivity index is 0.00000208. The van der Waals surface area contributed by atoms with Crippen LogP contribution >= 0.6 is 12.4 Å². The van der Waals surface area contributed by atoms with E-state index in [0.29, 0.717) is 10.9 Å². The Kier molecular flexibility index (Phi) is 6.40. The molecule has 3 rings (SSSR count). The zero-order valence-corrected chi connectivity index (χ0v) is 15.2. The van der Waals surface area contributed by atoms with Gasteiger partial charge in [-0.15, -0.1) is 12.4 Å². The normalized spacial score (nSPS) is 21.0. The van der Waals surface area contributed by atoms with Crippen molar-refractivity contribution in [2.45, 2.75) is 36.7 Å². The van der Waals surface area contributed by atoms with Gasteiger partial charge in [0.25, 0.3) is 0 Å². The molecule has 2 aromatic rings. The minimum atomic E-state index is -3.46. The van der Waals surface area contributed by atoms with Crippen molar-refractivity contribution in [2.24, 2.45) is 0 Å². The van der Waals surface area contributed by atoms with E-state index in [4.69, 9.17) is 0 Å². The van der Waals surface area contributed by atoms with Gasteiger partial charge >= 0.3 is 0 Å². The zero-order valence-electron chi connectivity index (χ0n) is 13.6. The Morgan fingerprint density at radius 2 is 1.62 bits per heavy atom. The second-order valence-corrected chi connectivity index (χ2v) is 7.80. The van der Waals surface area contributed by atoms with E-state index >= 15 is 0 Å². The lowest BCUT2D eigenvalue weighted by molar-refractivity contribution is 0.361. The van der Waals surface area contributed by atoms with Gasteiger partial charge in [-0.2, -0.15) is 0 Å². The van der Waals surface area contributed by atoms with Crippen LogP contribution in [0.25, 0.3) is 11.1 Å². The lowest BCUT2D eigenvalue weighted by atomic mass is 10.0. The third-order valence-corrected chi connectivity index (χ3v) is 5.75. The number of piperidine rings is 1. The molecular formula is C18H23ClN2O2S. The molecule has 0 amide bonds. The Morgan fingerprint density at radius 1 is 1.00 bits per heavy atom. The number of sulfonamides is 1. The lowest BCUT2D eigenvalue weighted by Gasteiger charge is -2.28.